The lowest BCUT2D eigenvalue weighted by molar-refractivity contribution is 0.0974. The fourth-order valence-electron chi connectivity index (χ4n) is 2.32. The summed E-state index contributed by atoms with van der Waals surface area (Å²) in [4.78, 5) is 12.4. The zero-order chi connectivity index (χ0) is 16.8. The molecule has 2 aromatic rings. The number of ether oxygens (including phenoxy) is 1. The molecule has 2 rings (SSSR count). The molecule has 2 aromatic carbocycles. The van der Waals surface area contributed by atoms with Gasteiger partial charge in [-0.05, 0) is 68.4 Å². The van der Waals surface area contributed by atoms with Gasteiger partial charge < -0.3 is 10.1 Å². The van der Waals surface area contributed by atoms with Gasteiger partial charge in [-0.2, -0.15) is 0 Å². The Hall–Kier alpha value is -2.40. The number of rotatable bonds is 4. The average molecular weight is 328 g/mol. The second kappa shape index (κ2) is 7.74. The van der Waals surface area contributed by atoms with Crippen molar-refractivity contribution in [3.8, 4) is 5.75 Å². The van der Waals surface area contributed by atoms with Crippen LogP contribution >= 0.6 is 12.2 Å². The van der Waals surface area contributed by atoms with Crippen molar-refractivity contribution >= 4 is 28.9 Å². The lowest BCUT2D eigenvalue weighted by Gasteiger charge is -2.13. The molecule has 0 aliphatic heterocycles. The minimum atomic E-state index is -0.295. The summed E-state index contributed by atoms with van der Waals surface area (Å²) in [6, 6.07) is 13.1. The van der Waals surface area contributed by atoms with Crippen LogP contribution in [0.15, 0.2) is 42.5 Å². The van der Waals surface area contributed by atoms with Crippen LogP contribution in [0.5, 0.6) is 5.75 Å². The Morgan fingerprint density at radius 2 is 1.78 bits per heavy atom. The smallest absolute Gasteiger partial charge is 0.261 e. The van der Waals surface area contributed by atoms with E-state index in [1.165, 1.54) is 0 Å². The van der Waals surface area contributed by atoms with E-state index in [1.54, 1.807) is 18.2 Å². The van der Waals surface area contributed by atoms with Gasteiger partial charge in [0.25, 0.3) is 5.91 Å². The molecule has 120 valence electrons. The van der Waals surface area contributed by atoms with Crippen LogP contribution in [0.1, 0.15) is 28.4 Å². The van der Waals surface area contributed by atoms with Crippen molar-refractivity contribution in [2.24, 2.45) is 0 Å². The normalized spacial score (nSPS) is 10.0. The van der Waals surface area contributed by atoms with E-state index < -0.39 is 0 Å². The number of hydrogen-bond acceptors (Lipinski definition) is 3. The number of nitrogens with one attached hydrogen (secondary N) is 2. The fraction of sp³-hybridized carbons (Fsp3) is 0.222. The van der Waals surface area contributed by atoms with Gasteiger partial charge in [-0.1, -0.05) is 18.2 Å². The molecule has 5 heteroatoms. The van der Waals surface area contributed by atoms with E-state index in [4.69, 9.17) is 17.0 Å². The molecule has 0 fully saturated rings. The highest BCUT2D eigenvalue weighted by Gasteiger charge is 2.13. The molecule has 0 atom stereocenters. The van der Waals surface area contributed by atoms with Crippen molar-refractivity contribution in [1.82, 2.24) is 5.32 Å². The molecule has 0 heterocycles. The molecule has 1 amide bonds. The Morgan fingerprint density at radius 1 is 1.13 bits per heavy atom. The third-order valence-corrected chi connectivity index (χ3v) is 3.34. The van der Waals surface area contributed by atoms with Crippen LogP contribution in [0.25, 0.3) is 0 Å². The third-order valence-electron chi connectivity index (χ3n) is 3.14. The molecule has 0 spiro atoms. The standard InChI is InChI=1S/C18H20N2O2S/c1-4-22-16-8-6-5-7-15(16)17(21)20-18(23)19-14-10-12(2)9-13(3)11-14/h5-11H,4H2,1-3H3,(H2,19,20,21,23). The number of hydrogen-bond donors (Lipinski definition) is 2. The van der Waals surface area contributed by atoms with E-state index in [0.717, 1.165) is 16.8 Å². The fourth-order valence-corrected chi connectivity index (χ4v) is 2.53. The van der Waals surface area contributed by atoms with Gasteiger partial charge in [0.05, 0.1) is 12.2 Å². The maximum Gasteiger partial charge on any atom is 0.261 e. The molecule has 0 saturated heterocycles. The quantitative estimate of drug-likeness (QED) is 0.838. The minimum Gasteiger partial charge on any atom is -0.493 e. The Labute approximate surface area is 141 Å². The molecule has 0 aromatic heterocycles. The zero-order valence-electron chi connectivity index (χ0n) is 13.5. The van der Waals surface area contributed by atoms with Crippen molar-refractivity contribution in [2.45, 2.75) is 20.8 Å². The SMILES string of the molecule is CCOc1ccccc1C(=O)NC(=S)Nc1cc(C)cc(C)c1. The lowest BCUT2D eigenvalue weighted by atomic mass is 10.1. The first-order valence-corrected chi connectivity index (χ1v) is 7.83. The summed E-state index contributed by atoms with van der Waals surface area (Å²) >= 11 is 5.22. The summed E-state index contributed by atoms with van der Waals surface area (Å²) in [5, 5.41) is 5.97. The van der Waals surface area contributed by atoms with Crippen molar-refractivity contribution < 1.29 is 9.53 Å². The Bertz CT molecular complexity index is 708. The van der Waals surface area contributed by atoms with Crippen LogP contribution < -0.4 is 15.4 Å². The topological polar surface area (TPSA) is 50.4 Å². The van der Waals surface area contributed by atoms with Crippen LogP contribution in [-0.4, -0.2) is 17.6 Å². The van der Waals surface area contributed by atoms with Crippen molar-refractivity contribution in [2.75, 3.05) is 11.9 Å². The monoisotopic (exact) mass is 328 g/mol. The summed E-state index contributed by atoms with van der Waals surface area (Å²) in [6.45, 7) is 6.40. The Kier molecular flexibility index (Phi) is 5.71. The van der Waals surface area contributed by atoms with Crippen LogP contribution in [0.2, 0.25) is 0 Å². The number of para-hydroxylation sites is 1. The molecule has 0 aliphatic rings. The summed E-state index contributed by atoms with van der Waals surface area (Å²) < 4.78 is 5.46. The molecule has 2 N–H and O–H groups in total. The average Bonchev–Trinajstić information content (AvgIpc) is 2.46. The van der Waals surface area contributed by atoms with Gasteiger partial charge in [0, 0.05) is 5.69 Å². The highest BCUT2D eigenvalue weighted by atomic mass is 32.1. The first-order chi connectivity index (χ1) is 11.0. The molecular weight excluding hydrogens is 308 g/mol. The van der Waals surface area contributed by atoms with Gasteiger partial charge in [-0.15, -0.1) is 0 Å². The van der Waals surface area contributed by atoms with Gasteiger partial charge in [-0.3, -0.25) is 10.1 Å². The highest BCUT2D eigenvalue weighted by Crippen LogP contribution is 2.18. The Morgan fingerprint density at radius 3 is 2.43 bits per heavy atom. The zero-order valence-corrected chi connectivity index (χ0v) is 14.3. The van der Waals surface area contributed by atoms with Gasteiger partial charge in [0.1, 0.15) is 5.75 Å². The molecule has 0 bridgehead atoms. The van der Waals surface area contributed by atoms with E-state index in [9.17, 15) is 4.79 Å². The van der Waals surface area contributed by atoms with Crippen molar-refractivity contribution in [3.63, 3.8) is 0 Å². The minimum absolute atomic E-state index is 0.256. The summed E-state index contributed by atoms with van der Waals surface area (Å²) in [6.07, 6.45) is 0. The van der Waals surface area contributed by atoms with E-state index in [-0.39, 0.29) is 11.0 Å². The molecule has 0 aliphatic carbocycles. The van der Waals surface area contributed by atoms with E-state index in [2.05, 4.69) is 16.7 Å². The van der Waals surface area contributed by atoms with Gasteiger partial charge in [0.2, 0.25) is 0 Å². The van der Waals surface area contributed by atoms with E-state index in [1.807, 2.05) is 39.0 Å². The first kappa shape index (κ1) is 17.0. The summed E-state index contributed by atoms with van der Waals surface area (Å²) in [5.74, 6) is 0.248. The number of carbonyl (C=O) groups is 1. The molecule has 4 nitrogen and oxygen atoms in total. The number of thiocarbonyl (C=S) groups is 1. The van der Waals surface area contributed by atoms with Gasteiger partial charge in [0.15, 0.2) is 5.11 Å². The van der Waals surface area contributed by atoms with Gasteiger partial charge >= 0.3 is 0 Å². The van der Waals surface area contributed by atoms with Gasteiger partial charge in [-0.25, -0.2) is 0 Å². The van der Waals surface area contributed by atoms with E-state index in [0.29, 0.717) is 17.9 Å². The second-order valence-corrected chi connectivity index (χ2v) is 5.62. The van der Waals surface area contributed by atoms with Crippen LogP contribution in [0.4, 0.5) is 5.69 Å². The molecule has 0 radical (unpaired) electrons. The maximum absolute atomic E-state index is 12.4. The summed E-state index contributed by atoms with van der Waals surface area (Å²) in [7, 11) is 0. The largest absolute Gasteiger partial charge is 0.493 e. The second-order valence-electron chi connectivity index (χ2n) is 5.21. The van der Waals surface area contributed by atoms with E-state index >= 15 is 0 Å². The number of aryl methyl sites for hydroxylation is 2. The maximum atomic E-state index is 12.4. The predicted molar refractivity (Wildman–Crippen MR) is 97.2 cm³/mol. The Balaban J connectivity index is 2.06. The molecule has 0 unspecified atom stereocenters. The summed E-state index contributed by atoms with van der Waals surface area (Å²) in [5.41, 5.74) is 3.57. The number of benzene rings is 2. The van der Waals surface area contributed by atoms with Crippen molar-refractivity contribution in [1.29, 1.82) is 0 Å². The number of carbonyl (C=O) groups excluding carboxylic acids is 1. The van der Waals surface area contributed by atoms with Crippen molar-refractivity contribution in [3.05, 3.63) is 59.2 Å². The first-order valence-electron chi connectivity index (χ1n) is 7.42. The third kappa shape index (κ3) is 4.79. The highest BCUT2D eigenvalue weighted by molar-refractivity contribution is 7.80. The lowest BCUT2D eigenvalue weighted by Crippen LogP contribution is -2.34. The van der Waals surface area contributed by atoms with Crippen LogP contribution in [-0.2, 0) is 0 Å². The molecule has 0 saturated carbocycles. The molecular formula is C18H20N2O2S. The van der Waals surface area contributed by atoms with Crippen LogP contribution in [0, 0.1) is 13.8 Å². The predicted octanol–water partition coefficient (Wildman–Crippen LogP) is 3.83. The van der Waals surface area contributed by atoms with Crippen LogP contribution in [0.3, 0.4) is 0 Å². The number of anilines is 1. The number of amides is 1. The molecule has 23 heavy (non-hydrogen) atoms.